The smallest absolute Gasteiger partial charge is 0.0207 e. The summed E-state index contributed by atoms with van der Waals surface area (Å²) in [6.45, 7) is 6.42. The summed E-state index contributed by atoms with van der Waals surface area (Å²) >= 11 is 0. The second-order valence-electron chi connectivity index (χ2n) is 6.96. The SMILES string of the molecule is CC1(CNC2CCN(C3CC3)C2)CCCCC1. The minimum Gasteiger partial charge on any atom is -0.312 e. The number of nitrogens with one attached hydrogen (secondary N) is 1. The van der Waals surface area contributed by atoms with Gasteiger partial charge in [-0.2, -0.15) is 0 Å². The average Bonchev–Trinajstić information content (AvgIpc) is 3.07. The number of rotatable bonds is 4. The molecule has 1 heterocycles. The van der Waals surface area contributed by atoms with Crippen molar-refractivity contribution in [2.24, 2.45) is 5.41 Å². The van der Waals surface area contributed by atoms with Crippen LogP contribution in [0.5, 0.6) is 0 Å². The molecule has 1 N–H and O–H groups in total. The molecular weight excluding hydrogens is 208 g/mol. The molecule has 1 atom stereocenters. The predicted octanol–water partition coefficient (Wildman–Crippen LogP) is 2.78. The van der Waals surface area contributed by atoms with Crippen LogP contribution in [0.4, 0.5) is 0 Å². The Balaban J connectivity index is 1.41. The molecule has 2 aliphatic carbocycles. The topological polar surface area (TPSA) is 15.3 Å². The van der Waals surface area contributed by atoms with Gasteiger partial charge in [-0.25, -0.2) is 0 Å². The van der Waals surface area contributed by atoms with Crippen molar-refractivity contribution in [3.63, 3.8) is 0 Å². The van der Waals surface area contributed by atoms with E-state index >= 15 is 0 Å². The summed E-state index contributed by atoms with van der Waals surface area (Å²) in [6.07, 6.45) is 11.6. The Kier molecular flexibility index (Phi) is 3.45. The first-order valence-electron chi connectivity index (χ1n) is 7.73. The van der Waals surface area contributed by atoms with Crippen LogP contribution in [0.1, 0.15) is 58.3 Å². The monoisotopic (exact) mass is 236 g/mol. The van der Waals surface area contributed by atoms with E-state index in [1.807, 2.05) is 0 Å². The van der Waals surface area contributed by atoms with E-state index in [1.165, 1.54) is 71.0 Å². The van der Waals surface area contributed by atoms with Crippen LogP contribution in [-0.2, 0) is 0 Å². The zero-order chi connectivity index (χ0) is 11.7. The van der Waals surface area contributed by atoms with E-state index in [0.29, 0.717) is 5.41 Å². The van der Waals surface area contributed by atoms with Gasteiger partial charge < -0.3 is 5.32 Å². The molecule has 1 unspecified atom stereocenters. The fourth-order valence-corrected chi connectivity index (χ4v) is 3.70. The standard InChI is InChI=1S/C15H28N2/c1-15(8-3-2-4-9-15)12-16-13-7-10-17(11-13)14-5-6-14/h13-14,16H,2-12H2,1H3. The largest absolute Gasteiger partial charge is 0.312 e. The summed E-state index contributed by atoms with van der Waals surface area (Å²) in [5.74, 6) is 0. The van der Waals surface area contributed by atoms with Crippen LogP contribution in [-0.4, -0.2) is 36.6 Å². The summed E-state index contributed by atoms with van der Waals surface area (Å²) < 4.78 is 0. The first-order chi connectivity index (χ1) is 8.25. The zero-order valence-electron chi connectivity index (χ0n) is 11.4. The van der Waals surface area contributed by atoms with Crippen LogP contribution in [0.15, 0.2) is 0 Å². The minimum absolute atomic E-state index is 0.602. The first-order valence-corrected chi connectivity index (χ1v) is 7.73. The van der Waals surface area contributed by atoms with Crippen molar-refractivity contribution >= 4 is 0 Å². The molecule has 0 aromatic heterocycles. The van der Waals surface area contributed by atoms with E-state index in [0.717, 1.165) is 12.1 Å². The second kappa shape index (κ2) is 4.89. The molecule has 98 valence electrons. The molecule has 1 saturated heterocycles. The Labute approximate surface area is 106 Å². The van der Waals surface area contributed by atoms with Crippen molar-refractivity contribution in [3.05, 3.63) is 0 Å². The molecule has 0 amide bonds. The molecule has 3 aliphatic rings. The summed E-state index contributed by atoms with van der Waals surface area (Å²) in [5, 5.41) is 3.86. The Hall–Kier alpha value is -0.0800. The zero-order valence-corrected chi connectivity index (χ0v) is 11.4. The number of nitrogens with zero attached hydrogens (tertiary/aromatic N) is 1. The van der Waals surface area contributed by atoms with Gasteiger partial charge in [-0.3, -0.25) is 4.90 Å². The normalized spacial score (nSPS) is 34.1. The Morgan fingerprint density at radius 3 is 2.59 bits per heavy atom. The molecule has 0 aromatic rings. The highest BCUT2D eigenvalue weighted by Crippen LogP contribution is 2.35. The Morgan fingerprint density at radius 2 is 1.88 bits per heavy atom. The van der Waals surface area contributed by atoms with Crippen molar-refractivity contribution in [3.8, 4) is 0 Å². The molecule has 3 fully saturated rings. The minimum atomic E-state index is 0.602. The van der Waals surface area contributed by atoms with Gasteiger partial charge in [-0.15, -0.1) is 0 Å². The van der Waals surface area contributed by atoms with E-state index in [2.05, 4.69) is 17.1 Å². The predicted molar refractivity (Wildman–Crippen MR) is 72.2 cm³/mol. The van der Waals surface area contributed by atoms with E-state index in [9.17, 15) is 0 Å². The molecular formula is C15H28N2. The molecule has 0 radical (unpaired) electrons. The maximum absolute atomic E-state index is 3.86. The van der Waals surface area contributed by atoms with Crippen molar-refractivity contribution in [1.82, 2.24) is 10.2 Å². The fourth-order valence-electron chi connectivity index (χ4n) is 3.70. The number of likely N-dealkylation sites (tertiary alicyclic amines) is 1. The second-order valence-corrected chi connectivity index (χ2v) is 6.96. The third-order valence-corrected chi connectivity index (χ3v) is 5.16. The lowest BCUT2D eigenvalue weighted by molar-refractivity contribution is 0.199. The van der Waals surface area contributed by atoms with Gasteiger partial charge in [0, 0.05) is 31.7 Å². The van der Waals surface area contributed by atoms with Crippen LogP contribution < -0.4 is 5.32 Å². The lowest BCUT2D eigenvalue weighted by atomic mass is 9.75. The molecule has 0 bridgehead atoms. The van der Waals surface area contributed by atoms with E-state index in [1.54, 1.807) is 0 Å². The summed E-state index contributed by atoms with van der Waals surface area (Å²) in [4.78, 5) is 2.71. The molecule has 0 aromatic carbocycles. The van der Waals surface area contributed by atoms with Crippen LogP contribution in [0.3, 0.4) is 0 Å². The number of hydrogen-bond acceptors (Lipinski definition) is 2. The highest BCUT2D eigenvalue weighted by molar-refractivity contribution is 4.92. The Morgan fingerprint density at radius 1 is 1.12 bits per heavy atom. The summed E-state index contributed by atoms with van der Waals surface area (Å²) in [6, 6.07) is 1.75. The highest BCUT2D eigenvalue weighted by Gasteiger charge is 2.35. The third kappa shape index (κ3) is 3.03. The van der Waals surface area contributed by atoms with Crippen LogP contribution in [0, 0.1) is 5.41 Å². The molecule has 2 heteroatoms. The van der Waals surface area contributed by atoms with Gasteiger partial charge in [-0.1, -0.05) is 26.2 Å². The van der Waals surface area contributed by atoms with Crippen LogP contribution in [0.2, 0.25) is 0 Å². The van der Waals surface area contributed by atoms with E-state index < -0.39 is 0 Å². The fraction of sp³-hybridized carbons (Fsp3) is 1.00. The highest BCUT2D eigenvalue weighted by atomic mass is 15.2. The third-order valence-electron chi connectivity index (χ3n) is 5.16. The van der Waals surface area contributed by atoms with Crippen LogP contribution in [0.25, 0.3) is 0 Å². The maximum Gasteiger partial charge on any atom is 0.0207 e. The van der Waals surface area contributed by atoms with Gasteiger partial charge in [0.2, 0.25) is 0 Å². The van der Waals surface area contributed by atoms with Gasteiger partial charge in [-0.05, 0) is 37.5 Å². The van der Waals surface area contributed by atoms with Gasteiger partial charge >= 0.3 is 0 Å². The summed E-state index contributed by atoms with van der Waals surface area (Å²) in [7, 11) is 0. The van der Waals surface area contributed by atoms with Crippen molar-refractivity contribution < 1.29 is 0 Å². The van der Waals surface area contributed by atoms with Gasteiger partial charge in [0.15, 0.2) is 0 Å². The lowest BCUT2D eigenvalue weighted by Gasteiger charge is -2.35. The average molecular weight is 236 g/mol. The van der Waals surface area contributed by atoms with Crippen molar-refractivity contribution in [2.45, 2.75) is 70.4 Å². The molecule has 3 rings (SSSR count). The molecule has 2 saturated carbocycles. The summed E-state index contributed by atoms with van der Waals surface area (Å²) in [5.41, 5.74) is 0.602. The molecule has 17 heavy (non-hydrogen) atoms. The van der Waals surface area contributed by atoms with Gasteiger partial charge in [0.1, 0.15) is 0 Å². The maximum atomic E-state index is 3.86. The van der Waals surface area contributed by atoms with Crippen molar-refractivity contribution in [1.29, 1.82) is 0 Å². The molecule has 1 aliphatic heterocycles. The quantitative estimate of drug-likeness (QED) is 0.807. The van der Waals surface area contributed by atoms with Crippen molar-refractivity contribution in [2.75, 3.05) is 19.6 Å². The molecule has 2 nitrogen and oxygen atoms in total. The van der Waals surface area contributed by atoms with Crippen LogP contribution >= 0.6 is 0 Å². The first kappa shape index (κ1) is 12.0. The van der Waals surface area contributed by atoms with Gasteiger partial charge in [0.25, 0.3) is 0 Å². The Bertz CT molecular complexity index is 254. The number of hydrogen-bond donors (Lipinski definition) is 1. The van der Waals surface area contributed by atoms with Gasteiger partial charge in [0.05, 0.1) is 0 Å². The lowest BCUT2D eigenvalue weighted by Crippen LogP contribution is -2.41. The van der Waals surface area contributed by atoms with E-state index in [4.69, 9.17) is 0 Å². The molecule has 0 spiro atoms. The van der Waals surface area contributed by atoms with E-state index in [-0.39, 0.29) is 0 Å².